The molecule has 35 heavy (non-hydrogen) atoms. The predicted octanol–water partition coefficient (Wildman–Crippen LogP) is 5.08. The number of hydrogen-bond donors (Lipinski definition) is 1. The van der Waals surface area contributed by atoms with Gasteiger partial charge in [0.1, 0.15) is 5.65 Å². The Morgan fingerprint density at radius 2 is 1.83 bits per heavy atom. The highest BCUT2D eigenvalue weighted by Gasteiger charge is 2.28. The Balaban J connectivity index is 1.46. The van der Waals surface area contributed by atoms with Crippen LogP contribution in [0.2, 0.25) is 0 Å². The third-order valence-electron chi connectivity index (χ3n) is 6.40. The van der Waals surface area contributed by atoms with Crippen LogP contribution in [-0.4, -0.2) is 39.5 Å². The second kappa shape index (κ2) is 10.6. The fraction of sp³-hybridized carbons (Fsp3) is 0.464. The number of benzene rings is 1. The molecule has 1 saturated heterocycles. The maximum absolute atomic E-state index is 13.4. The molecule has 3 heterocycles. The predicted molar refractivity (Wildman–Crippen MR) is 139 cm³/mol. The molecular weight excluding hydrogens is 440 g/mol. The zero-order chi connectivity index (χ0) is 25.0. The van der Waals surface area contributed by atoms with E-state index in [1.807, 2.05) is 63.2 Å². The number of aromatic nitrogens is 2. The standard InChI is InChI=1S/C28H36N4O3/c1-5-6-9-23-25(26(33)32-17-8-7-10-24(32)30-23)20-11-13-21(14-12-20)29-22-15-18-31(19-16-22)35-27(34)28(2,3)4/h7-8,10-14,17,22,29H,5-6,9,15-16,18-19H2,1-4H3. The summed E-state index contributed by atoms with van der Waals surface area (Å²) in [6.07, 6.45) is 6.37. The Morgan fingerprint density at radius 1 is 1.11 bits per heavy atom. The van der Waals surface area contributed by atoms with Crippen LogP contribution in [0.3, 0.4) is 0 Å². The molecule has 1 aromatic carbocycles. The van der Waals surface area contributed by atoms with Gasteiger partial charge in [-0.25, -0.2) is 9.78 Å². The van der Waals surface area contributed by atoms with Crippen molar-refractivity contribution >= 4 is 17.3 Å². The summed E-state index contributed by atoms with van der Waals surface area (Å²) in [5.74, 6) is -0.197. The minimum absolute atomic E-state index is 0.0282. The number of pyridine rings is 1. The van der Waals surface area contributed by atoms with Crippen LogP contribution >= 0.6 is 0 Å². The van der Waals surface area contributed by atoms with E-state index < -0.39 is 5.41 Å². The SMILES string of the molecule is CCCCc1nc2ccccn2c(=O)c1-c1ccc(NC2CCN(OC(=O)C(C)(C)C)CC2)cc1. The fourth-order valence-corrected chi connectivity index (χ4v) is 4.26. The molecule has 4 rings (SSSR count). The van der Waals surface area contributed by atoms with Crippen LogP contribution in [0.25, 0.3) is 16.8 Å². The molecule has 1 fully saturated rings. The number of carbonyl (C=O) groups is 1. The highest BCUT2D eigenvalue weighted by molar-refractivity contribution is 5.75. The summed E-state index contributed by atoms with van der Waals surface area (Å²) in [5, 5.41) is 5.36. The molecule has 0 radical (unpaired) electrons. The Morgan fingerprint density at radius 3 is 2.49 bits per heavy atom. The molecule has 0 saturated carbocycles. The molecular formula is C28H36N4O3. The third-order valence-corrected chi connectivity index (χ3v) is 6.40. The van der Waals surface area contributed by atoms with Crippen LogP contribution < -0.4 is 10.9 Å². The number of aryl methyl sites for hydroxylation is 1. The fourth-order valence-electron chi connectivity index (χ4n) is 4.26. The Hall–Kier alpha value is -3.19. The van der Waals surface area contributed by atoms with Crippen LogP contribution in [0.15, 0.2) is 53.5 Å². The molecule has 0 atom stereocenters. The number of rotatable bonds is 7. The second-order valence-corrected chi connectivity index (χ2v) is 10.3. The van der Waals surface area contributed by atoms with Gasteiger partial charge in [-0.1, -0.05) is 31.5 Å². The molecule has 0 amide bonds. The highest BCUT2D eigenvalue weighted by Crippen LogP contribution is 2.25. The van der Waals surface area contributed by atoms with Gasteiger partial charge < -0.3 is 10.2 Å². The Bertz CT molecular complexity index is 1220. The lowest BCUT2D eigenvalue weighted by atomic mass is 9.98. The van der Waals surface area contributed by atoms with Gasteiger partial charge in [-0.2, -0.15) is 0 Å². The van der Waals surface area contributed by atoms with Crippen LogP contribution in [-0.2, 0) is 16.1 Å². The number of unbranched alkanes of at least 4 members (excludes halogenated alkanes) is 1. The summed E-state index contributed by atoms with van der Waals surface area (Å²) in [4.78, 5) is 35.8. The normalized spacial score (nSPS) is 15.3. The van der Waals surface area contributed by atoms with E-state index in [-0.39, 0.29) is 11.5 Å². The van der Waals surface area contributed by atoms with Gasteiger partial charge in [0.15, 0.2) is 0 Å². The van der Waals surface area contributed by atoms with Crippen molar-refractivity contribution in [3.8, 4) is 11.1 Å². The maximum atomic E-state index is 13.4. The minimum atomic E-state index is -0.504. The number of piperidine rings is 1. The summed E-state index contributed by atoms with van der Waals surface area (Å²) in [6.45, 7) is 9.15. The van der Waals surface area contributed by atoms with E-state index in [0.29, 0.717) is 30.3 Å². The molecule has 7 heteroatoms. The van der Waals surface area contributed by atoms with Crippen LogP contribution in [0.1, 0.15) is 59.1 Å². The quantitative estimate of drug-likeness (QED) is 0.512. The Labute approximate surface area is 207 Å². The molecule has 0 spiro atoms. The number of carbonyl (C=O) groups excluding carboxylic acids is 1. The first kappa shape index (κ1) is 24.9. The molecule has 0 aliphatic carbocycles. The number of fused-ring (bicyclic) bond motifs is 1. The lowest BCUT2D eigenvalue weighted by Crippen LogP contribution is -2.42. The van der Waals surface area contributed by atoms with Gasteiger partial charge in [-0.05, 0) is 76.3 Å². The van der Waals surface area contributed by atoms with E-state index in [0.717, 1.165) is 49.0 Å². The zero-order valence-electron chi connectivity index (χ0n) is 21.2. The van der Waals surface area contributed by atoms with Gasteiger partial charge in [0.25, 0.3) is 5.56 Å². The molecule has 1 N–H and O–H groups in total. The first-order valence-electron chi connectivity index (χ1n) is 12.6. The van der Waals surface area contributed by atoms with Crippen molar-refractivity contribution < 1.29 is 9.63 Å². The Kier molecular flexibility index (Phi) is 7.55. The maximum Gasteiger partial charge on any atom is 0.330 e. The van der Waals surface area contributed by atoms with Crippen LogP contribution in [0, 0.1) is 5.41 Å². The van der Waals surface area contributed by atoms with Crippen molar-refractivity contribution in [3.63, 3.8) is 0 Å². The smallest absolute Gasteiger partial charge is 0.330 e. The number of hydroxylamine groups is 2. The van der Waals surface area contributed by atoms with Crippen molar-refractivity contribution in [2.24, 2.45) is 5.41 Å². The summed E-state index contributed by atoms with van der Waals surface area (Å²) in [5.41, 5.74) is 3.61. The number of hydrogen-bond acceptors (Lipinski definition) is 6. The van der Waals surface area contributed by atoms with Crippen molar-refractivity contribution in [2.75, 3.05) is 18.4 Å². The van der Waals surface area contributed by atoms with Gasteiger partial charge in [0, 0.05) is 31.0 Å². The summed E-state index contributed by atoms with van der Waals surface area (Å²) >= 11 is 0. The van der Waals surface area contributed by atoms with Crippen molar-refractivity contribution in [1.82, 2.24) is 14.4 Å². The van der Waals surface area contributed by atoms with Crippen LogP contribution in [0.5, 0.6) is 0 Å². The monoisotopic (exact) mass is 476 g/mol. The molecule has 1 aliphatic rings. The summed E-state index contributed by atoms with van der Waals surface area (Å²) < 4.78 is 1.62. The highest BCUT2D eigenvalue weighted by atomic mass is 16.7. The number of nitrogens with zero attached hydrogens (tertiary/aromatic N) is 3. The summed E-state index contributed by atoms with van der Waals surface area (Å²) in [7, 11) is 0. The molecule has 1 aliphatic heterocycles. The van der Waals surface area contributed by atoms with Crippen molar-refractivity contribution in [3.05, 3.63) is 64.7 Å². The minimum Gasteiger partial charge on any atom is -0.382 e. The largest absolute Gasteiger partial charge is 0.382 e. The molecule has 0 unspecified atom stereocenters. The number of nitrogens with one attached hydrogen (secondary N) is 1. The van der Waals surface area contributed by atoms with Crippen molar-refractivity contribution in [2.45, 2.75) is 65.8 Å². The molecule has 2 aromatic heterocycles. The van der Waals surface area contributed by atoms with E-state index in [4.69, 9.17) is 9.82 Å². The van der Waals surface area contributed by atoms with E-state index in [9.17, 15) is 9.59 Å². The average Bonchev–Trinajstić information content (AvgIpc) is 2.84. The zero-order valence-corrected chi connectivity index (χ0v) is 21.2. The van der Waals surface area contributed by atoms with Gasteiger partial charge in [0.05, 0.1) is 16.7 Å². The van der Waals surface area contributed by atoms with Gasteiger partial charge in [-0.3, -0.25) is 9.20 Å². The van der Waals surface area contributed by atoms with E-state index >= 15 is 0 Å². The van der Waals surface area contributed by atoms with Crippen LogP contribution in [0.4, 0.5) is 5.69 Å². The average molecular weight is 477 g/mol. The first-order chi connectivity index (χ1) is 16.8. The summed E-state index contributed by atoms with van der Waals surface area (Å²) in [6, 6.07) is 14.0. The van der Waals surface area contributed by atoms with E-state index in [1.54, 1.807) is 15.7 Å². The topological polar surface area (TPSA) is 75.9 Å². The second-order valence-electron chi connectivity index (χ2n) is 10.3. The van der Waals surface area contributed by atoms with Gasteiger partial charge in [0.2, 0.25) is 0 Å². The van der Waals surface area contributed by atoms with Gasteiger partial charge >= 0.3 is 5.97 Å². The number of anilines is 1. The molecule has 0 bridgehead atoms. The first-order valence-corrected chi connectivity index (χ1v) is 12.6. The van der Waals surface area contributed by atoms with Gasteiger partial charge in [-0.15, -0.1) is 5.06 Å². The van der Waals surface area contributed by atoms with E-state index in [2.05, 4.69) is 12.2 Å². The molecule has 7 nitrogen and oxygen atoms in total. The lowest BCUT2D eigenvalue weighted by Gasteiger charge is -2.32. The molecule has 3 aromatic rings. The van der Waals surface area contributed by atoms with E-state index in [1.165, 1.54) is 0 Å². The molecule has 186 valence electrons. The third kappa shape index (κ3) is 5.90. The van der Waals surface area contributed by atoms with Crippen molar-refractivity contribution in [1.29, 1.82) is 0 Å². The lowest BCUT2D eigenvalue weighted by molar-refractivity contribution is -0.204.